The molecule has 2 aromatic rings. The average Bonchev–Trinajstić information content (AvgIpc) is 2.85. The number of carbonyl (C=O) groups is 2. The van der Waals surface area contributed by atoms with Gasteiger partial charge in [0.2, 0.25) is 0 Å². The molecule has 0 spiro atoms. The Labute approximate surface area is 191 Å². The molecule has 0 N–H and O–H groups in total. The van der Waals surface area contributed by atoms with Crippen molar-refractivity contribution in [3.8, 4) is 0 Å². The van der Waals surface area contributed by atoms with Crippen LogP contribution in [0.25, 0.3) is 0 Å². The van der Waals surface area contributed by atoms with Crippen molar-refractivity contribution < 1.29 is 23.5 Å². The van der Waals surface area contributed by atoms with Crippen LogP contribution in [0.1, 0.15) is 25.7 Å². The lowest BCUT2D eigenvalue weighted by molar-refractivity contribution is -0.175. The largest absolute Gasteiger partial charge is 0.468 e. The predicted molar refractivity (Wildman–Crippen MR) is 127 cm³/mol. The van der Waals surface area contributed by atoms with E-state index in [4.69, 9.17) is 13.9 Å². The van der Waals surface area contributed by atoms with E-state index in [2.05, 4.69) is 37.4 Å². The molecule has 32 heavy (non-hydrogen) atoms. The summed E-state index contributed by atoms with van der Waals surface area (Å²) in [7, 11) is 0.0810. The number of methoxy groups -OCH3 is 2. The lowest BCUT2D eigenvalue weighted by Crippen LogP contribution is -2.61. The van der Waals surface area contributed by atoms with Crippen LogP contribution in [0.4, 0.5) is 0 Å². The number of hydrogen-bond donors (Lipinski definition) is 0. The van der Waals surface area contributed by atoms with Crippen LogP contribution in [-0.4, -0.2) is 40.6 Å². The standard InChI is InChI=1S/C26H32O5Si/c1-5-12-20-19-26(24(27)29-2,25(28)30-3)18-17-23(20)31-32(4,21-13-8-6-9-14-21)22-15-10-7-11-16-22/h5-11,13-16,20,23H,1,12,17-19H2,2-4H3/t20-,23-/m1/s1. The summed E-state index contributed by atoms with van der Waals surface area (Å²) in [6.07, 6.45) is 3.55. The molecule has 0 amide bonds. The van der Waals surface area contributed by atoms with Gasteiger partial charge in [0, 0.05) is 6.10 Å². The van der Waals surface area contributed by atoms with E-state index in [-0.39, 0.29) is 12.0 Å². The molecule has 1 aliphatic rings. The van der Waals surface area contributed by atoms with E-state index in [1.807, 2.05) is 42.5 Å². The Bertz CT molecular complexity index is 872. The van der Waals surface area contributed by atoms with Gasteiger partial charge in [0.15, 0.2) is 5.41 Å². The number of ether oxygens (including phenoxy) is 2. The summed E-state index contributed by atoms with van der Waals surface area (Å²) in [5.74, 6) is -1.13. The highest BCUT2D eigenvalue weighted by molar-refractivity contribution is 6.96. The third-order valence-corrected chi connectivity index (χ3v) is 10.3. The number of rotatable bonds is 8. The molecular formula is C26H32O5Si. The first-order valence-corrected chi connectivity index (χ1v) is 13.4. The van der Waals surface area contributed by atoms with Gasteiger partial charge < -0.3 is 13.9 Å². The number of benzene rings is 2. The summed E-state index contributed by atoms with van der Waals surface area (Å²) in [5, 5.41) is 2.36. The smallest absolute Gasteiger partial charge is 0.323 e. The highest BCUT2D eigenvalue weighted by Crippen LogP contribution is 2.44. The van der Waals surface area contributed by atoms with E-state index >= 15 is 0 Å². The van der Waals surface area contributed by atoms with Crippen LogP contribution in [0.2, 0.25) is 6.55 Å². The maximum Gasteiger partial charge on any atom is 0.323 e. The van der Waals surface area contributed by atoms with Gasteiger partial charge >= 0.3 is 11.9 Å². The Balaban J connectivity index is 1.97. The third kappa shape index (κ3) is 4.57. The molecule has 1 saturated carbocycles. The molecule has 1 fully saturated rings. The summed E-state index contributed by atoms with van der Waals surface area (Å²) in [6, 6.07) is 20.6. The lowest BCUT2D eigenvalue weighted by Gasteiger charge is -2.44. The van der Waals surface area contributed by atoms with Gasteiger partial charge in [0.1, 0.15) is 0 Å². The molecule has 1 aliphatic carbocycles. The predicted octanol–water partition coefficient (Wildman–Crippen LogP) is 3.47. The van der Waals surface area contributed by atoms with Crippen LogP contribution in [-0.2, 0) is 23.5 Å². The maximum atomic E-state index is 12.7. The minimum absolute atomic E-state index is 0.0568. The Morgan fingerprint density at radius 3 is 1.94 bits per heavy atom. The molecule has 0 radical (unpaired) electrons. The first kappa shape index (κ1) is 23.9. The monoisotopic (exact) mass is 452 g/mol. The molecule has 0 aliphatic heterocycles. The van der Waals surface area contributed by atoms with E-state index in [0.29, 0.717) is 25.7 Å². The van der Waals surface area contributed by atoms with Crippen molar-refractivity contribution in [3.05, 3.63) is 73.3 Å². The van der Waals surface area contributed by atoms with E-state index in [0.717, 1.165) is 0 Å². The normalized spacial score (nSPS) is 20.2. The molecular weight excluding hydrogens is 420 g/mol. The minimum Gasteiger partial charge on any atom is -0.468 e. The van der Waals surface area contributed by atoms with Gasteiger partial charge in [-0.2, -0.15) is 0 Å². The molecule has 2 atom stereocenters. The molecule has 0 bridgehead atoms. The molecule has 2 aromatic carbocycles. The zero-order valence-corrected chi connectivity index (χ0v) is 20.1. The van der Waals surface area contributed by atoms with Crippen molar-refractivity contribution in [1.82, 2.24) is 0 Å². The Morgan fingerprint density at radius 2 is 1.50 bits per heavy atom. The first-order chi connectivity index (χ1) is 15.4. The molecule has 0 aromatic heterocycles. The fourth-order valence-electron chi connectivity index (χ4n) is 4.87. The number of esters is 2. The molecule has 0 heterocycles. The molecule has 6 heteroatoms. The molecule has 170 valence electrons. The summed E-state index contributed by atoms with van der Waals surface area (Å²) in [4.78, 5) is 25.4. The van der Waals surface area contributed by atoms with Crippen molar-refractivity contribution in [2.24, 2.45) is 11.3 Å². The second-order valence-electron chi connectivity index (χ2n) is 8.51. The van der Waals surface area contributed by atoms with E-state index in [1.54, 1.807) is 0 Å². The van der Waals surface area contributed by atoms with Crippen molar-refractivity contribution in [1.29, 1.82) is 0 Å². The second-order valence-corrected chi connectivity index (χ2v) is 12.0. The average molecular weight is 453 g/mol. The summed E-state index contributed by atoms with van der Waals surface area (Å²) < 4.78 is 17.1. The van der Waals surface area contributed by atoms with Crippen LogP contribution in [0, 0.1) is 11.3 Å². The van der Waals surface area contributed by atoms with Crippen LogP contribution in [0.15, 0.2) is 73.3 Å². The number of allylic oxidation sites excluding steroid dienone is 1. The molecule has 0 saturated heterocycles. The number of hydrogen-bond acceptors (Lipinski definition) is 5. The van der Waals surface area contributed by atoms with Crippen LogP contribution in [0.3, 0.4) is 0 Å². The highest BCUT2D eigenvalue weighted by Gasteiger charge is 2.54. The van der Waals surface area contributed by atoms with Gasteiger partial charge in [-0.05, 0) is 48.5 Å². The number of carbonyl (C=O) groups excluding carboxylic acids is 2. The van der Waals surface area contributed by atoms with Crippen LogP contribution >= 0.6 is 0 Å². The van der Waals surface area contributed by atoms with Gasteiger partial charge in [0.25, 0.3) is 8.32 Å². The quantitative estimate of drug-likeness (QED) is 0.266. The van der Waals surface area contributed by atoms with E-state index in [9.17, 15) is 9.59 Å². The Morgan fingerprint density at radius 1 is 1.00 bits per heavy atom. The van der Waals surface area contributed by atoms with Gasteiger partial charge in [-0.15, -0.1) is 6.58 Å². The SMILES string of the molecule is C=CC[C@@H]1CC(C(=O)OC)(C(=O)OC)CC[C@H]1O[Si](C)(c1ccccc1)c1ccccc1. The Kier molecular flexibility index (Phi) is 7.69. The van der Waals surface area contributed by atoms with Gasteiger partial charge in [-0.25, -0.2) is 0 Å². The zero-order chi connectivity index (χ0) is 23.2. The highest BCUT2D eigenvalue weighted by atomic mass is 28.4. The fraction of sp³-hybridized carbons (Fsp3) is 0.385. The summed E-state index contributed by atoms with van der Waals surface area (Å²) in [5.41, 5.74) is -1.30. The minimum atomic E-state index is -2.54. The third-order valence-electron chi connectivity index (χ3n) is 6.65. The second kappa shape index (κ2) is 10.3. The van der Waals surface area contributed by atoms with Crippen molar-refractivity contribution >= 4 is 30.6 Å². The summed E-state index contributed by atoms with van der Waals surface area (Å²) >= 11 is 0. The van der Waals surface area contributed by atoms with Crippen LogP contribution < -0.4 is 10.4 Å². The lowest BCUT2D eigenvalue weighted by atomic mass is 9.67. The van der Waals surface area contributed by atoms with Crippen molar-refractivity contribution in [2.45, 2.75) is 38.3 Å². The van der Waals surface area contributed by atoms with Crippen LogP contribution in [0.5, 0.6) is 0 Å². The fourth-order valence-corrected chi connectivity index (χ4v) is 8.05. The van der Waals surface area contributed by atoms with Gasteiger partial charge in [0.05, 0.1) is 14.2 Å². The zero-order valence-electron chi connectivity index (χ0n) is 19.1. The van der Waals surface area contributed by atoms with Gasteiger partial charge in [-0.3, -0.25) is 9.59 Å². The van der Waals surface area contributed by atoms with Crippen molar-refractivity contribution in [3.63, 3.8) is 0 Å². The van der Waals surface area contributed by atoms with Crippen molar-refractivity contribution in [2.75, 3.05) is 14.2 Å². The molecule has 3 rings (SSSR count). The molecule has 5 nitrogen and oxygen atoms in total. The van der Waals surface area contributed by atoms with Gasteiger partial charge in [-0.1, -0.05) is 66.7 Å². The summed E-state index contributed by atoms with van der Waals surface area (Å²) in [6.45, 7) is 6.12. The maximum absolute atomic E-state index is 12.7. The first-order valence-electron chi connectivity index (χ1n) is 11.0. The van der Waals surface area contributed by atoms with E-state index < -0.39 is 25.7 Å². The molecule has 0 unspecified atom stereocenters. The Hall–Kier alpha value is -2.70. The van der Waals surface area contributed by atoms with E-state index in [1.165, 1.54) is 24.6 Å². The topological polar surface area (TPSA) is 61.8 Å².